The number of aromatic amines is 1. The molecule has 19 heavy (non-hydrogen) atoms. The van der Waals surface area contributed by atoms with Gasteiger partial charge in [-0.3, -0.25) is 0 Å². The molecule has 0 saturated heterocycles. The lowest BCUT2D eigenvalue weighted by Gasteiger charge is -2.00. The highest BCUT2D eigenvalue weighted by atomic mass is 35.5. The second-order valence-corrected chi connectivity index (χ2v) is 4.75. The standard InChI is InChI=1S/C12H11Cl2N3O2/c1-6(10(13)14)7-3-4-8-9(5-7)17-11(16-8)19-12(18)15-2/h3-5H,1-2H3,(H,15,18)(H,16,17). The Morgan fingerprint density at radius 3 is 2.79 bits per heavy atom. The molecule has 0 bridgehead atoms. The second-order valence-electron chi connectivity index (χ2n) is 3.80. The van der Waals surface area contributed by atoms with Crippen LogP contribution < -0.4 is 10.1 Å². The van der Waals surface area contributed by atoms with Gasteiger partial charge in [0, 0.05) is 7.05 Å². The van der Waals surface area contributed by atoms with Crippen molar-refractivity contribution in [3.05, 3.63) is 28.3 Å². The zero-order valence-corrected chi connectivity index (χ0v) is 11.8. The molecule has 1 heterocycles. The van der Waals surface area contributed by atoms with Crippen molar-refractivity contribution in [1.82, 2.24) is 15.3 Å². The number of halogens is 2. The number of imidazole rings is 1. The molecule has 2 rings (SSSR count). The van der Waals surface area contributed by atoms with Crippen LogP contribution in [0.3, 0.4) is 0 Å². The van der Waals surface area contributed by atoms with E-state index in [1.54, 1.807) is 6.07 Å². The highest BCUT2D eigenvalue weighted by molar-refractivity contribution is 6.58. The quantitative estimate of drug-likeness (QED) is 0.892. The molecule has 2 aromatic rings. The summed E-state index contributed by atoms with van der Waals surface area (Å²) < 4.78 is 5.12. The van der Waals surface area contributed by atoms with Crippen LogP contribution in [0.15, 0.2) is 22.7 Å². The van der Waals surface area contributed by atoms with E-state index in [1.165, 1.54) is 7.05 Å². The van der Waals surface area contributed by atoms with Gasteiger partial charge in [0.2, 0.25) is 0 Å². The molecule has 1 aromatic carbocycles. The molecule has 0 aliphatic carbocycles. The van der Waals surface area contributed by atoms with Crippen LogP contribution in [0.2, 0.25) is 0 Å². The fourth-order valence-electron chi connectivity index (χ4n) is 1.52. The molecule has 0 aliphatic heterocycles. The number of rotatable bonds is 2. The molecular formula is C12H11Cl2N3O2. The summed E-state index contributed by atoms with van der Waals surface area (Å²) >= 11 is 11.5. The van der Waals surface area contributed by atoms with Crippen LogP contribution in [0, 0.1) is 0 Å². The van der Waals surface area contributed by atoms with Crippen LogP contribution in [-0.2, 0) is 0 Å². The maximum absolute atomic E-state index is 11.1. The average Bonchev–Trinajstić information content (AvgIpc) is 2.78. The molecule has 7 heteroatoms. The van der Waals surface area contributed by atoms with Crippen LogP contribution in [0.5, 0.6) is 6.01 Å². The van der Waals surface area contributed by atoms with Gasteiger partial charge in [-0.2, -0.15) is 4.98 Å². The Morgan fingerprint density at radius 2 is 2.16 bits per heavy atom. The normalized spacial score (nSPS) is 10.3. The van der Waals surface area contributed by atoms with Gasteiger partial charge in [-0.15, -0.1) is 0 Å². The Morgan fingerprint density at radius 1 is 1.42 bits per heavy atom. The lowest BCUT2D eigenvalue weighted by atomic mass is 10.1. The van der Waals surface area contributed by atoms with Crippen molar-refractivity contribution in [1.29, 1.82) is 0 Å². The molecule has 1 aromatic heterocycles. The summed E-state index contributed by atoms with van der Waals surface area (Å²) in [5, 5.41) is 2.34. The first kappa shape index (κ1) is 13.7. The number of carbonyl (C=O) groups is 1. The fraction of sp³-hybridized carbons (Fsp3) is 0.167. The maximum Gasteiger partial charge on any atom is 0.414 e. The summed E-state index contributed by atoms with van der Waals surface area (Å²) in [6.07, 6.45) is -0.584. The molecule has 0 fully saturated rings. The van der Waals surface area contributed by atoms with Crippen molar-refractivity contribution in [3.63, 3.8) is 0 Å². The van der Waals surface area contributed by atoms with Gasteiger partial charge in [-0.1, -0.05) is 29.3 Å². The van der Waals surface area contributed by atoms with E-state index in [4.69, 9.17) is 27.9 Å². The summed E-state index contributed by atoms with van der Waals surface area (Å²) in [5.74, 6) is 0. The summed E-state index contributed by atoms with van der Waals surface area (Å²) in [6, 6.07) is 5.59. The number of amides is 1. The van der Waals surface area contributed by atoms with Gasteiger partial charge in [0.05, 0.1) is 11.0 Å². The van der Waals surface area contributed by atoms with Gasteiger partial charge in [0.25, 0.3) is 0 Å². The number of benzene rings is 1. The summed E-state index contributed by atoms with van der Waals surface area (Å²) in [7, 11) is 1.47. The monoisotopic (exact) mass is 299 g/mol. The predicted octanol–water partition coefficient (Wildman–Crippen LogP) is 3.45. The van der Waals surface area contributed by atoms with Gasteiger partial charge in [-0.05, 0) is 30.2 Å². The minimum Gasteiger partial charge on any atom is -0.375 e. The Labute approximate surface area is 119 Å². The van der Waals surface area contributed by atoms with E-state index in [-0.39, 0.29) is 10.5 Å². The highest BCUT2D eigenvalue weighted by Crippen LogP contribution is 2.26. The average molecular weight is 300 g/mol. The van der Waals surface area contributed by atoms with E-state index in [9.17, 15) is 4.79 Å². The lowest BCUT2D eigenvalue weighted by Crippen LogP contribution is -2.22. The van der Waals surface area contributed by atoms with Crippen LogP contribution in [0.1, 0.15) is 12.5 Å². The minimum atomic E-state index is -0.584. The first-order valence-electron chi connectivity index (χ1n) is 5.43. The van der Waals surface area contributed by atoms with E-state index in [2.05, 4.69) is 15.3 Å². The Bertz CT molecular complexity index is 660. The van der Waals surface area contributed by atoms with Crippen LogP contribution in [0.4, 0.5) is 4.79 Å². The van der Waals surface area contributed by atoms with Crippen LogP contribution in [-0.4, -0.2) is 23.1 Å². The van der Waals surface area contributed by atoms with Crippen LogP contribution in [0.25, 0.3) is 16.6 Å². The number of hydrogen-bond acceptors (Lipinski definition) is 3. The van der Waals surface area contributed by atoms with Crippen molar-refractivity contribution < 1.29 is 9.53 Å². The summed E-state index contributed by atoms with van der Waals surface area (Å²) in [5.41, 5.74) is 3.03. The topological polar surface area (TPSA) is 67.0 Å². The maximum atomic E-state index is 11.1. The van der Waals surface area contributed by atoms with Gasteiger partial charge < -0.3 is 15.0 Å². The Balaban J connectivity index is 2.39. The first-order chi connectivity index (χ1) is 9.01. The number of ether oxygens (including phenoxy) is 1. The Kier molecular flexibility index (Phi) is 3.97. The largest absolute Gasteiger partial charge is 0.414 e. The van der Waals surface area contributed by atoms with E-state index in [0.717, 1.165) is 16.7 Å². The van der Waals surface area contributed by atoms with E-state index in [0.29, 0.717) is 5.52 Å². The lowest BCUT2D eigenvalue weighted by molar-refractivity contribution is 0.199. The number of carbonyl (C=O) groups excluding carboxylic acids is 1. The summed E-state index contributed by atoms with van der Waals surface area (Å²) in [4.78, 5) is 18.1. The van der Waals surface area contributed by atoms with E-state index < -0.39 is 6.09 Å². The third-order valence-electron chi connectivity index (χ3n) is 2.57. The Hall–Kier alpha value is -1.72. The van der Waals surface area contributed by atoms with Gasteiger partial charge >= 0.3 is 12.1 Å². The predicted molar refractivity (Wildman–Crippen MR) is 75.5 cm³/mol. The third-order valence-corrected chi connectivity index (χ3v) is 3.14. The number of fused-ring (bicyclic) bond motifs is 1. The molecule has 0 radical (unpaired) electrons. The number of hydrogen-bond donors (Lipinski definition) is 2. The molecule has 5 nitrogen and oxygen atoms in total. The summed E-state index contributed by atoms with van der Waals surface area (Å²) in [6.45, 7) is 1.81. The SMILES string of the molecule is CNC(=O)Oc1nc2ccc(C(C)=C(Cl)Cl)cc2[nH]1. The molecule has 2 N–H and O–H groups in total. The molecule has 100 valence electrons. The first-order valence-corrected chi connectivity index (χ1v) is 6.18. The van der Waals surface area contributed by atoms with Gasteiger partial charge in [-0.25, -0.2) is 4.79 Å². The smallest absolute Gasteiger partial charge is 0.375 e. The fourth-order valence-corrected chi connectivity index (χ4v) is 1.73. The highest BCUT2D eigenvalue weighted by Gasteiger charge is 2.09. The molecular weight excluding hydrogens is 289 g/mol. The van der Waals surface area contributed by atoms with Crippen molar-refractivity contribution in [2.24, 2.45) is 0 Å². The third kappa shape index (κ3) is 3.00. The molecule has 0 spiro atoms. The van der Waals surface area contributed by atoms with Crippen molar-refractivity contribution in [3.8, 4) is 6.01 Å². The van der Waals surface area contributed by atoms with Crippen molar-refractivity contribution in [2.45, 2.75) is 6.92 Å². The molecule has 0 aliphatic rings. The van der Waals surface area contributed by atoms with E-state index >= 15 is 0 Å². The second kappa shape index (κ2) is 5.50. The van der Waals surface area contributed by atoms with Crippen molar-refractivity contribution in [2.75, 3.05) is 7.05 Å². The number of nitrogens with zero attached hydrogens (tertiary/aromatic N) is 1. The number of nitrogens with one attached hydrogen (secondary N) is 2. The van der Waals surface area contributed by atoms with E-state index in [1.807, 2.05) is 19.1 Å². The molecule has 0 unspecified atom stereocenters. The molecule has 1 amide bonds. The van der Waals surface area contributed by atoms with Crippen LogP contribution >= 0.6 is 23.2 Å². The number of H-pyrrole nitrogens is 1. The molecule has 0 atom stereocenters. The number of aromatic nitrogens is 2. The molecule has 0 saturated carbocycles. The van der Waals surface area contributed by atoms with Gasteiger partial charge in [0.1, 0.15) is 4.49 Å². The van der Waals surface area contributed by atoms with Gasteiger partial charge in [0.15, 0.2) is 0 Å². The minimum absolute atomic E-state index is 0.130. The zero-order chi connectivity index (χ0) is 14.0. The number of allylic oxidation sites excluding steroid dienone is 1. The zero-order valence-electron chi connectivity index (χ0n) is 10.3. The van der Waals surface area contributed by atoms with Crippen molar-refractivity contribution >= 4 is 45.9 Å².